The summed E-state index contributed by atoms with van der Waals surface area (Å²) in [6.45, 7) is 35.0. The van der Waals surface area contributed by atoms with Crippen LogP contribution in [-0.2, 0) is 47.7 Å². The van der Waals surface area contributed by atoms with Gasteiger partial charge in [-0.05, 0) is 116 Å². The Morgan fingerprint density at radius 3 is 0.909 bits per heavy atom. The van der Waals surface area contributed by atoms with Crippen LogP contribution in [0.25, 0.3) is 0 Å². The van der Waals surface area contributed by atoms with Crippen LogP contribution in [0.3, 0.4) is 0 Å². The van der Waals surface area contributed by atoms with Gasteiger partial charge in [0.15, 0.2) is 0 Å². The average Bonchev–Trinajstić information content (AvgIpc) is 2.93. The largest absolute Gasteiger partial charge is 0.459 e. The fourth-order valence-corrected chi connectivity index (χ4v) is 5.73. The van der Waals surface area contributed by atoms with Gasteiger partial charge in [0.05, 0.1) is 19.6 Å². The Hall–Kier alpha value is -2.77. The zero-order valence-corrected chi connectivity index (χ0v) is 38.1. The first-order valence-corrected chi connectivity index (χ1v) is 20.0. The van der Waals surface area contributed by atoms with E-state index in [2.05, 4.69) is 0 Å². The fourth-order valence-electron chi connectivity index (χ4n) is 5.73. The summed E-state index contributed by atoms with van der Waals surface area (Å²) in [7, 11) is 0. The highest BCUT2D eigenvalue weighted by molar-refractivity contribution is 5.79. The number of rotatable bonds is 20. The number of hydrogen-bond acceptors (Lipinski definition) is 13. The quantitative estimate of drug-likeness (QED) is 0.0990. The number of nitrogens with zero attached hydrogens (tertiary/aromatic N) is 3. The van der Waals surface area contributed by atoms with E-state index >= 15 is 0 Å². The third kappa shape index (κ3) is 23.8. The molecular formula is C42H79N3O10. The fraction of sp³-hybridized carbons (Fsp3) is 0.881. The molecule has 0 spiro atoms. The molecule has 0 aromatic heterocycles. The lowest BCUT2D eigenvalue weighted by Crippen LogP contribution is -2.54. The van der Waals surface area contributed by atoms with Gasteiger partial charge in [-0.2, -0.15) is 0 Å². The van der Waals surface area contributed by atoms with Crippen molar-refractivity contribution in [1.29, 1.82) is 0 Å². The average molecular weight is 786 g/mol. The van der Waals surface area contributed by atoms with E-state index in [1.54, 1.807) is 114 Å². The van der Waals surface area contributed by atoms with Gasteiger partial charge in [-0.15, -0.1) is 0 Å². The molecule has 0 amide bonds. The third-order valence-corrected chi connectivity index (χ3v) is 8.13. The third-order valence-electron chi connectivity index (χ3n) is 8.13. The zero-order valence-electron chi connectivity index (χ0n) is 38.1. The first-order valence-electron chi connectivity index (χ1n) is 20.0. The summed E-state index contributed by atoms with van der Waals surface area (Å²) in [5.74, 6) is -2.76. The molecule has 4 atom stereocenters. The molecule has 0 aliphatic rings. The summed E-state index contributed by atoms with van der Waals surface area (Å²) >= 11 is 0. The maximum Gasteiger partial charge on any atom is 0.324 e. The Morgan fingerprint density at radius 1 is 0.418 bits per heavy atom. The van der Waals surface area contributed by atoms with Gasteiger partial charge >= 0.3 is 29.8 Å². The highest BCUT2D eigenvalue weighted by Gasteiger charge is 2.38. The Morgan fingerprint density at radius 2 is 0.673 bits per heavy atom. The number of ether oxygens (including phenoxy) is 5. The van der Waals surface area contributed by atoms with E-state index in [0.717, 1.165) is 0 Å². The van der Waals surface area contributed by atoms with Crippen molar-refractivity contribution < 1.29 is 47.7 Å². The minimum Gasteiger partial charge on any atom is -0.459 e. The second kappa shape index (κ2) is 21.7. The molecule has 0 aromatic rings. The smallest absolute Gasteiger partial charge is 0.324 e. The van der Waals surface area contributed by atoms with E-state index in [1.165, 1.54) is 0 Å². The van der Waals surface area contributed by atoms with Crippen LogP contribution < -0.4 is 0 Å². The predicted octanol–water partition coefficient (Wildman–Crippen LogP) is 6.43. The summed E-state index contributed by atoms with van der Waals surface area (Å²) < 4.78 is 28.8. The molecule has 0 aromatic carbocycles. The maximum atomic E-state index is 13.8. The summed E-state index contributed by atoms with van der Waals surface area (Å²) in [5, 5.41) is 0. The Bertz CT molecular complexity index is 1150. The molecule has 322 valence electrons. The van der Waals surface area contributed by atoms with Gasteiger partial charge in [0.25, 0.3) is 0 Å². The van der Waals surface area contributed by atoms with Crippen LogP contribution >= 0.6 is 0 Å². The molecule has 13 nitrogen and oxygen atoms in total. The second-order valence-electron chi connectivity index (χ2n) is 19.7. The molecule has 13 heteroatoms. The molecule has 0 heterocycles. The van der Waals surface area contributed by atoms with Crippen molar-refractivity contribution in [3.05, 3.63) is 0 Å². The minimum absolute atomic E-state index is 0.126. The van der Waals surface area contributed by atoms with Crippen molar-refractivity contribution in [3.8, 4) is 0 Å². The van der Waals surface area contributed by atoms with Crippen molar-refractivity contribution in [2.45, 2.75) is 184 Å². The molecule has 0 unspecified atom stereocenters. The number of carbonyl (C=O) groups is 5. The first-order chi connectivity index (χ1) is 24.7. The van der Waals surface area contributed by atoms with Crippen molar-refractivity contribution in [2.75, 3.05) is 45.8 Å². The maximum absolute atomic E-state index is 13.8. The Kier molecular flexibility index (Phi) is 20.6. The molecule has 55 heavy (non-hydrogen) atoms. The molecule has 0 aliphatic heterocycles. The standard InChI is InChI=1S/C42H79N3O10/c1-20-29(3)34(36(49)54-41(14,15)16)44(27-32(47)52-39(8,9)10)24-22-43(26-31(46)51-38(5,6)7)23-25-45(28-33(48)53-40(11,12)13)35(30(4)21-2)37(50)55-42(17,18)19/h29-30,34-35H,20-28H2,1-19H3/t29-,30-,34-,35-/m0/s1. The van der Waals surface area contributed by atoms with E-state index < -0.39 is 69.9 Å². The summed E-state index contributed by atoms with van der Waals surface area (Å²) in [4.78, 5) is 73.0. The topological polar surface area (TPSA) is 141 Å². The van der Waals surface area contributed by atoms with Crippen LogP contribution in [0.15, 0.2) is 0 Å². The molecule has 0 saturated carbocycles. The molecular weight excluding hydrogens is 706 g/mol. The summed E-state index contributed by atoms with van der Waals surface area (Å²) in [6, 6.07) is -1.57. The van der Waals surface area contributed by atoms with Gasteiger partial charge < -0.3 is 23.7 Å². The van der Waals surface area contributed by atoms with Crippen LogP contribution in [-0.4, -0.2) is 130 Å². The first kappa shape index (κ1) is 52.2. The summed E-state index contributed by atoms with van der Waals surface area (Å²) in [5.41, 5.74) is -3.77. The van der Waals surface area contributed by atoms with E-state index in [1.807, 2.05) is 32.6 Å². The van der Waals surface area contributed by atoms with Crippen molar-refractivity contribution in [2.24, 2.45) is 11.8 Å². The van der Waals surface area contributed by atoms with Crippen LogP contribution in [0.5, 0.6) is 0 Å². The van der Waals surface area contributed by atoms with Crippen molar-refractivity contribution in [1.82, 2.24) is 14.7 Å². The molecule has 0 N–H and O–H groups in total. The Balaban J connectivity index is 7.04. The lowest BCUT2D eigenvalue weighted by Gasteiger charge is -2.38. The van der Waals surface area contributed by atoms with Crippen LogP contribution in [0.1, 0.15) is 144 Å². The predicted molar refractivity (Wildman–Crippen MR) is 215 cm³/mol. The van der Waals surface area contributed by atoms with E-state index in [0.29, 0.717) is 12.8 Å². The highest BCUT2D eigenvalue weighted by Crippen LogP contribution is 2.23. The lowest BCUT2D eigenvalue weighted by molar-refractivity contribution is -0.168. The SMILES string of the molecule is CC[C@H](C)[C@@H](C(=O)OC(C)(C)C)N(CCN(CCN(CC(=O)OC(C)(C)C)[C@H](C(=O)OC(C)(C)C)[C@@H](C)CC)CC(=O)OC(C)(C)C)CC(=O)OC(C)(C)C. The zero-order chi connectivity index (χ0) is 43.3. The van der Waals surface area contributed by atoms with Gasteiger partial charge in [0, 0.05) is 26.2 Å². The summed E-state index contributed by atoms with van der Waals surface area (Å²) in [6.07, 6.45) is 1.27. The van der Waals surface area contributed by atoms with Crippen LogP contribution in [0.4, 0.5) is 0 Å². The minimum atomic E-state index is -0.786. The molecule has 0 saturated heterocycles. The van der Waals surface area contributed by atoms with E-state index in [9.17, 15) is 24.0 Å². The van der Waals surface area contributed by atoms with Crippen LogP contribution in [0, 0.1) is 11.8 Å². The van der Waals surface area contributed by atoms with Crippen molar-refractivity contribution >= 4 is 29.8 Å². The van der Waals surface area contributed by atoms with Gasteiger partial charge in [0.2, 0.25) is 0 Å². The van der Waals surface area contributed by atoms with E-state index in [4.69, 9.17) is 23.7 Å². The Labute approximate surface area is 333 Å². The number of carbonyl (C=O) groups excluding carboxylic acids is 5. The lowest BCUT2D eigenvalue weighted by atomic mass is 9.96. The normalized spacial score (nSPS) is 15.3. The number of hydrogen-bond donors (Lipinski definition) is 0. The molecule has 0 rings (SSSR count). The molecule has 0 radical (unpaired) electrons. The van der Waals surface area contributed by atoms with Crippen LogP contribution in [0.2, 0.25) is 0 Å². The van der Waals surface area contributed by atoms with Gasteiger partial charge in [-0.1, -0.05) is 40.5 Å². The molecule has 0 bridgehead atoms. The van der Waals surface area contributed by atoms with Gasteiger partial charge in [0.1, 0.15) is 40.1 Å². The monoisotopic (exact) mass is 786 g/mol. The molecule has 0 fully saturated rings. The van der Waals surface area contributed by atoms with E-state index in [-0.39, 0.29) is 57.6 Å². The van der Waals surface area contributed by atoms with Gasteiger partial charge in [-0.25, -0.2) is 0 Å². The highest BCUT2D eigenvalue weighted by atomic mass is 16.6. The second-order valence-corrected chi connectivity index (χ2v) is 19.7. The van der Waals surface area contributed by atoms with Gasteiger partial charge in [-0.3, -0.25) is 38.7 Å². The molecule has 0 aliphatic carbocycles. The van der Waals surface area contributed by atoms with Crippen molar-refractivity contribution in [3.63, 3.8) is 0 Å². The number of esters is 5.